The molecule has 0 unspecified atom stereocenters. The molecule has 72 heavy (non-hydrogen) atoms. The van der Waals surface area contributed by atoms with Crippen LogP contribution in [0.2, 0.25) is 0 Å². The number of hydrogen-bond acceptors (Lipinski definition) is 1. The number of aromatic nitrogens is 2. The van der Waals surface area contributed by atoms with E-state index < -0.39 is 0 Å². The molecule has 0 saturated heterocycles. The van der Waals surface area contributed by atoms with Gasteiger partial charge in [0, 0.05) is 60.8 Å². The summed E-state index contributed by atoms with van der Waals surface area (Å²) in [6.45, 7) is 4.73. The van der Waals surface area contributed by atoms with Gasteiger partial charge in [-0.1, -0.05) is 196 Å². The quantitative estimate of drug-likeness (QED) is 0.148. The second kappa shape index (κ2) is 16.5. The molecule has 0 aliphatic heterocycles. The molecule has 0 radical (unpaired) electrons. The standard InChI is InChI=1S/C69H49N3/c1-69(2)60-30-14-12-25-57(60)67-61(69)31-18-34-65(67)70(52-40-35-47(36-41-52)54-27-17-33-64-66(54)58-26-13-15-32-62(58)71(64)50-21-8-4-9-22-50)53-42-37-48(38-43-53)55-28-16-29-56-59-45-49(46-19-6-3-7-20-46)39-44-63(59)72(68(55)56)51-23-10-5-11-24-51/h3-45H,1-2H3. The van der Waals surface area contributed by atoms with Crippen molar-refractivity contribution >= 4 is 60.7 Å². The van der Waals surface area contributed by atoms with Gasteiger partial charge in [-0.25, -0.2) is 0 Å². The van der Waals surface area contributed by atoms with Gasteiger partial charge in [-0.2, -0.15) is 0 Å². The van der Waals surface area contributed by atoms with Gasteiger partial charge in [0.1, 0.15) is 0 Å². The third-order valence-electron chi connectivity index (χ3n) is 15.3. The lowest BCUT2D eigenvalue weighted by Crippen LogP contribution is -2.16. The highest BCUT2D eigenvalue weighted by molar-refractivity contribution is 6.16. The molecule has 1 aliphatic rings. The summed E-state index contributed by atoms with van der Waals surface area (Å²) < 4.78 is 4.84. The Labute approximate surface area is 419 Å². The summed E-state index contributed by atoms with van der Waals surface area (Å²) >= 11 is 0. The lowest BCUT2D eigenvalue weighted by atomic mass is 9.82. The van der Waals surface area contributed by atoms with E-state index in [0.717, 1.165) is 28.3 Å². The molecule has 0 amide bonds. The van der Waals surface area contributed by atoms with Crippen molar-refractivity contribution in [2.24, 2.45) is 0 Å². The zero-order chi connectivity index (χ0) is 47.9. The number of para-hydroxylation sites is 4. The molecule has 3 heteroatoms. The predicted octanol–water partition coefficient (Wildman–Crippen LogP) is 18.7. The first-order chi connectivity index (χ1) is 35.5. The number of anilines is 3. The van der Waals surface area contributed by atoms with E-state index in [1.165, 1.54) is 99.4 Å². The molecular formula is C69H49N3. The summed E-state index contributed by atoms with van der Waals surface area (Å²) in [6, 6.07) is 95.8. The van der Waals surface area contributed by atoms with Crippen molar-refractivity contribution in [3.63, 3.8) is 0 Å². The molecule has 3 nitrogen and oxygen atoms in total. The minimum atomic E-state index is -0.142. The molecule has 0 atom stereocenters. The first-order valence-electron chi connectivity index (χ1n) is 25.0. The van der Waals surface area contributed by atoms with E-state index in [0.29, 0.717) is 0 Å². The van der Waals surface area contributed by atoms with Gasteiger partial charge in [0.25, 0.3) is 0 Å². The van der Waals surface area contributed by atoms with Crippen molar-refractivity contribution in [1.82, 2.24) is 9.13 Å². The number of nitrogens with zero attached hydrogens (tertiary/aromatic N) is 3. The number of rotatable bonds is 8. The Morgan fingerprint density at radius 2 is 0.847 bits per heavy atom. The second-order valence-electron chi connectivity index (χ2n) is 19.7. The van der Waals surface area contributed by atoms with Crippen molar-refractivity contribution in [2.75, 3.05) is 4.90 Å². The van der Waals surface area contributed by atoms with Crippen LogP contribution < -0.4 is 4.90 Å². The lowest BCUT2D eigenvalue weighted by Gasteiger charge is -2.29. The SMILES string of the molecule is CC1(C)c2ccccc2-c2c(N(c3ccc(-c4cccc5c4c4ccccc4n5-c4ccccc4)cc3)c3ccc(-c4cccc5c6cc(-c7ccccc7)ccc6n(-c6ccccc6)c45)cc3)cccc21. The largest absolute Gasteiger partial charge is 0.310 e. The summed E-state index contributed by atoms with van der Waals surface area (Å²) in [5.41, 5.74) is 22.8. The lowest BCUT2D eigenvalue weighted by molar-refractivity contribution is 0.660. The van der Waals surface area contributed by atoms with E-state index in [2.05, 4.69) is 289 Å². The number of hydrogen-bond donors (Lipinski definition) is 0. The van der Waals surface area contributed by atoms with Crippen molar-refractivity contribution in [3.8, 4) is 55.9 Å². The molecule has 1 aliphatic carbocycles. The monoisotopic (exact) mass is 919 g/mol. The molecular weight excluding hydrogens is 871 g/mol. The van der Waals surface area contributed by atoms with E-state index in [1.54, 1.807) is 0 Å². The summed E-state index contributed by atoms with van der Waals surface area (Å²) in [6.07, 6.45) is 0. The summed E-state index contributed by atoms with van der Waals surface area (Å²) in [5.74, 6) is 0. The molecule has 0 saturated carbocycles. The predicted molar refractivity (Wildman–Crippen MR) is 304 cm³/mol. The zero-order valence-corrected chi connectivity index (χ0v) is 40.2. The minimum Gasteiger partial charge on any atom is -0.310 e. The van der Waals surface area contributed by atoms with Crippen LogP contribution in [0.15, 0.2) is 261 Å². The van der Waals surface area contributed by atoms with E-state index in [4.69, 9.17) is 0 Å². The molecule has 0 N–H and O–H groups in total. The molecule has 0 fully saturated rings. The van der Waals surface area contributed by atoms with Crippen LogP contribution in [0.3, 0.4) is 0 Å². The Morgan fingerprint density at radius 3 is 1.58 bits per heavy atom. The van der Waals surface area contributed by atoms with Crippen LogP contribution in [0.4, 0.5) is 17.1 Å². The van der Waals surface area contributed by atoms with Crippen LogP contribution in [-0.2, 0) is 5.41 Å². The van der Waals surface area contributed by atoms with Gasteiger partial charge < -0.3 is 14.0 Å². The highest BCUT2D eigenvalue weighted by Crippen LogP contribution is 2.54. The van der Waals surface area contributed by atoms with Gasteiger partial charge in [0.2, 0.25) is 0 Å². The van der Waals surface area contributed by atoms with Crippen LogP contribution in [0.1, 0.15) is 25.0 Å². The normalized spacial score (nSPS) is 12.7. The molecule has 0 spiro atoms. The number of benzene rings is 11. The van der Waals surface area contributed by atoms with Crippen molar-refractivity contribution in [1.29, 1.82) is 0 Å². The van der Waals surface area contributed by atoms with Gasteiger partial charge in [-0.05, 0) is 123 Å². The highest BCUT2D eigenvalue weighted by atomic mass is 15.1. The second-order valence-corrected chi connectivity index (χ2v) is 19.7. The molecule has 14 rings (SSSR count). The molecule has 2 heterocycles. The Kier molecular flexibility index (Phi) is 9.56. The molecule has 2 aromatic heterocycles. The van der Waals surface area contributed by atoms with E-state index in [1.807, 2.05) is 0 Å². The fraction of sp³-hybridized carbons (Fsp3) is 0.0435. The fourth-order valence-corrected chi connectivity index (χ4v) is 12.0. The van der Waals surface area contributed by atoms with Gasteiger partial charge in [-0.3, -0.25) is 0 Å². The van der Waals surface area contributed by atoms with Crippen LogP contribution in [0, 0.1) is 0 Å². The van der Waals surface area contributed by atoms with Crippen LogP contribution >= 0.6 is 0 Å². The molecule has 340 valence electrons. The Balaban J connectivity index is 0.931. The van der Waals surface area contributed by atoms with E-state index >= 15 is 0 Å². The third kappa shape index (κ3) is 6.44. The average molecular weight is 920 g/mol. The van der Waals surface area contributed by atoms with Gasteiger partial charge >= 0.3 is 0 Å². The Hall–Kier alpha value is -9.18. The molecule has 0 bridgehead atoms. The topological polar surface area (TPSA) is 13.1 Å². The number of fused-ring (bicyclic) bond motifs is 9. The Morgan fingerprint density at radius 1 is 0.333 bits per heavy atom. The maximum absolute atomic E-state index is 2.47. The summed E-state index contributed by atoms with van der Waals surface area (Å²) in [5, 5.41) is 4.98. The smallest absolute Gasteiger partial charge is 0.0619 e. The van der Waals surface area contributed by atoms with E-state index in [-0.39, 0.29) is 5.41 Å². The maximum Gasteiger partial charge on any atom is 0.0619 e. The Bertz CT molecular complexity index is 4200. The minimum absolute atomic E-state index is 0.142. The van der Waals surface area contributed by atoms with Crippen molar-refractivity contribution in [2.45, 2.75) is 19.3 Å². The van der Waals surface area contributed by atoms with Crippen LogP contribution in [0.5, 0.6) is 0 Å². The van der Waals surface area contributed by atoms with E-state index in [9.17, 15) is 0 Å². The fourth-order valence-electron chi connectivity index (χ4n) is 12.0. The summed E-state index contributed by atoms with van der Waals surface area (Å²) in [7, 11) is 0. The van der Waals surface area contributed by atoms with Crippen molar-refractivity contribution in [3.05, 3.63) is 272 Å². The summed E-state index contributed by atoms with van der Waals surface area (Å²) in [4.78, 5) is 2.47. The zero-order valence-electron chi connectivity index (χ0n) is 40.2. The average Bonchev–Trinajstić information content (AvgIpc) is 4.05. The molecule has 11 aromatic carbocycles. The van der Waals surface area contributed by atoms with Crippen molar-refractivity contribution < 1.29 is 0 Å². The first-order valence-corrected chi connectivity index (χ1v) is 25.0. The molecule has 13 aromatic rings. The van der Waals surface area contributed by atoms with Gasteiger partial charge in [0.15, 0.2) is 0 Å². The third-order valence-corrected chi connectivity index (χ3v) is 15.3. The van der Waals surface area contributed by atoms with Crippen LogP contribution in [-0.4, -0.2) is 9.13 Å². The van der Waals surface area contributed by atoms with Gasteiger partial charge in [-0.15, -0.1) is 0 Å². The highest BCUT2D eigenvalue weighted by Gasteiger charge is 2.37. The maximum atomic E-state index is 2.47. The first kappa shape index (κ1) is 41.8. The van der Waals surface area contributed by atoms with Gasteiger partial charge in [0.05, 0.1) is 27.8 Å². The van der Waals surface area contributed by atoms with Crippen LogP contribution in [0.25, 0.3) is 99.5 Å².